The highest BCUT2D eigenvalue weighted by atomic mass is 127. The lowest BCUT2D eigenvalue weighted by molar-refractivity contribution is 0.0132. The van der Waals surface area contributed by atoms with Crippen LogP contribution in [0.15, 0.2) is 4.99 Å². The van der Waals surface area contributed by atoms with E-state index >= 15 is 0 Å². The minimum atomic E-state index is 0. The van der Waals surface area contributed by atoms with E-state index in [1.165, 1.54) is 19.3 Å². The monoisotopic (exact) mass is 466 g/mol. The fraction of sp³-hybridized carbons (Fsp3) is 0.944. The van der Waals surface area contributed by atoms with E-state index in [2.05, 4.69) is 34.4 Å². The lowest BCUT2D eigenvalue weighted by atomic mass is 9.96. The molecule has 3 aliphatic rings. The van der Waals surface area contributed by atoms with E-state index in [0.29, 0.717) is 30.2 Å². The molecule has 3 fully saturated rings. The minimum Gasteiger partial charge on any atom is -0.379 e. The summed E-state index contributed by atoms with van der Waals surface area (Å²) < 4.78 is 11.4. The molecule has 0 spiro atoms. The Labute approximate surface area is 169 Å². The Morgan fingerprint density at radius 1 is 1.24 bits per heavy atom. The molecule has 0 aromatic carbocycles. The average Bonchev–Trinajstić information content (AvgIpc) is 3.20. The van der Waals surface area contributed by atoms with Gasteiger partial charge in [-0.15, -0.1) is 24.0 Å². The Hall–Kier alpha value is -0.120. The van der Waals surface area contributed by atoms with Crippen LogP contribution < -0.4 is 10.6 Å². The second-order valence-corrected chi connectivity index (χ2v) is 7.75. The largest absolute Gasteiger partial charge is 0.379 e. The van der Waals surface area contributed by atoms with Gasteiger partial charge in [0.2, 0.25) is 0 Å². The molecule has 2 bridgehead atoms. The molecule has 0 saturated carbocycles. The first-order valence-corrected chi connectivity index (χ1v) is 9.60. The minimum absolute atomic E-state index is 0. The molecule has 4 unspecified atom stereocenters. The molecule has 3 heterocycles. The second-order valence-electron chi connectivity index (χ2n) is 7.75. The molecule has 0 amide bonds. The van der Waals surface area contributed by atoms with Gasteiger partial charge in [0.15, 0.2) is 5.96 Å². The summed E-state index contributed by atoms with van der Waals surface area (Å²) in [4.78, 5) is 6.99. The highest BCUT2D eigenvalue weighted by Gasteiger charge is 2.41. The molecule has 3 rings (SSSR count). The van der Waals surface area contributed by atoms with Crippen LogP contribution >= 0.6 is 24.0 Å². The quantitative estimate of drug-likeness (QED) is 0.356. The van der Waals surface area contributed by atoms with Crippen molar-refractivity contribution in [3.05, 3.63) is 0 Å². The fourth-order valence-electron chi connectivity index (χ4n) is 4.22. The maximum atomic E-state index is 5.94. The summed E-state index contributed by atoms with van der Waals surface area (Å²) >= 11 is 0. The van der Waals surface area contributed by atoms with Gasteiger partial charge < -0.3 is 20.1 Å². The summed E-state index contributed by atoms with van der Waals surface area (Å²) in [7, 11) is 1.86. The number of hydrogen-bond donors (Lipinski definition) is 2. The summed E-state index contributed by atoms with van der Waals surface area (Å²) in [5, 5.41) is 7.14. The molecule has 3 aliphatic heterocycles. The Bertz CT molecular complexity index is 429. The molecule has 6 nitrogen and oxygen atoms in total. The predicted octanol–water partition coefficient (Wildman–Crippen LogP) is 1.84. The Morgan fingerprint density at radius 3 is 2.56 bits per heavy atom. The van der Waals surface area contributed by atoms with Crippen LogP contribution in [0.3, 0.4) is 0 Å². The number of halogens is 1. The van der Waals surface area contributed by atoms with Gasteiger partial charge in [0.1, 0.15) is 0 Å². The van der Waals surface area contributed by atoms with Crippen molar-refractivity contribution in [2.24, 2.45) is 10.9 Å². The Kier molecular flexibility index (Phi) is 8.71. The summed E-state index contributed by atoms with van der Waals surface area (Å²) in [5.41, 5.74) is 0. The van der Waals surface area contributed by atoms with Crippen molar-refractivity contribution in [3.8, 4) is 0 Å². The van der Waals surface area contributed by atoms with Crippen molar-refractivity contribution in [2.75, 3.05) is 39.9 Å². The van der Waals surface area contributed by atoms with Crippen molar-refractivity contribution < 1.29 is 9.47 Å². The van der Waals surface area contributed by atoms with Crippen molar-refractivity contribution in [1.29, 1.82) is 0 Å². The number of aliphatic imine (C=N–C) groups is 1. The molecule has 2 N–H and O–H groups in total. The van der Waals surface area contributed by atoms with Gasteiger partial charge in [-0.05, 0) is 31.6 Å². The third-order valence-corrected chi connectivity index (χ3v) is 5.46. The van der Waals surface area contributed by atoms with Crippen molar-refractivity contribution >= 4 is 29.9 Å². The first-order valence-electron chi connectivity index (χ1n) is 9.60. The van der Waals surface area contributed by atoms with Gasteiger partial charge in [0.05, 0.1) is 31.5 Å². The Morgan fingerprint density at radius 2 is 2.00 bits per heavy atom. The molecular formula is C18H35IN4O2. The molecule has 0 aromatic rings. The maximum Gasteiger partial charge on any atom is 0.191 e. The van der Waals surface area contributed by atoms with Gasteiger partial charge in [-0.25, -0.2) is 0 Å². The molecule has 3 saturated heterocycles. The summed E-state index contributed by atoms with van der Waals surface area (Å²) in [6, 6.07) is 0.950. The van der Waals surface area contributed by atoms with Crippen LogP contribution in [0.2, 0.25) is 0 Å². The van der Waals surface area contributed by atoms with Crippen molar-refractivity contribution in [3.63, 3.8) is 0 Å². The van der Waals surface area contributed by atoms with E-state index in [4.69, 9.17) is 9.47 Å². The number of rotatable bonds is 6. The lowest BCUT2D eigenvalue weighted by Crippen LogP contribution is -2.53. The number of ether oxygens (including phenoxy) is 2. The van der Waals surface area contributed by atoms with Gasteiger partial charge in [-0.1, -0.05) is 13.8 Å². The van der Waals surface area contributed by atoms with E-state index in [9.17, 15) is 0 Å². The summed E-state index contributed by atoms with van der Waals surface area (Å²) in [5.74, 6) is 1.60. The third kappa shape index (κ3) is 5.94. The molecule has 0 aromatic heterocycles. The van der Waals surface area contributed by atoms with Crippen LogP contribution in [0.4, 0.5) is 0 Å². The molecular weight excluding hydrogens is 431 g/mol. The van der Waals surface area contributed by atoms with Crippen LogP contribution in [-0.2, 0) is 9.47 Å². The number of fused-ring (bicyclic) bond motifs is 2. The number of guanidine groups is 1. The zero-order chi connectivity index (χ0) is 16.9. The number of nitrogens with one attached hydrogen (secondary N) is 2. The number of hydrogen-bond acceptors (Lipinski definition) is 4. The third-order valence-electron chi connectivity index (χ3n) is 5.46. The van der Waals surface area contributed by atoms with Crippen LogP contribution in [0, 0.1) is 5.92 Å². The summed E-state index contributed by atoms with van der Waals surface area (Å²) in [6.07, 6.45) is 5.56. The zero-order valence-corrected chi connectivity index (χ0v) is 18.2. The topological polar surface area (TPSA) is 58.1 Å². The normalized spacial score (nSPS) is 31.0. The molecule has 0 radical (unpaired) electrons. The van der Waals surface area contributed by atoms with E-state index in [-0.39, 0.29) is 24.0 Å². The SMILES string of the molecule is CN=C(NCC(CC(C)C)N1CCOCC1)NC1CC2CCC1O2.I. The van der Waals surface area contributed by atoms with Crippen LogP contribution in [0.5, 0.6) is 0 Å². The standard InChI is InChI=1S/C18H34N4O2.HI/c1-13(2)10-14(22-6-8-23-9-7-22)12-20-18(19-3)21-16-11-15-4-5-17(16)24-15;/h13-17H,4-12H2,1-3H3,(H2,19,20,21);1H. The van der Waals surface area contributed by atoms with E-state index in [1.807, 2.05) is 7.05 Å². The van der Waals surface area contributed by atoms with E-state index < -0.39 is 0 Å². The Balaban J connectivity index is 0.00000225. The van der Waals surface area contributed by atoms with Gasteiger partial charge >= 0.3 is 0 Å². The van der Waals surface area contributed by atoms with Crippen LogP contribution in [0.25, 0.3) is 0 Å². The maximum absolute atomic E-state index is 5.94. The van der Waals surface area contributed by atoms with Crippen molar-refractivity contribution in [2.45, 2.75) is 63.8 Å². The first-order chi connectivity index (χ1) is 11.7. The first kappa shape index (κ1) is 21.2. The van der Waals surface area contributed by atoms with Gasteiger partial charge in [0, 0.05) is 32.7 Å². The molecule has 7 heteroatoms. The van der Waals surface area contributed by atoms with Crippen molar-refractivity contribution in [1.82, 2.24) is 15.5 Å². The van der Waals surface area contributed by atoms with Gasteiger partial charge in [-0.2, -0.15) is 0 Å². The van der Waals surface area contributed by atoms with Crippen LogP contribution in [-0.4, -0.2) is 75.0 Å². The van der Waals surface area contributed by atoms with E-state index in [1.54, 1.807) is 0 Å². The molecule has 0 aliphatic carbocycles. The molecule has 146 valence electrons. The lowest BCUT2D eigenvalue weighted by Gasteiger charge is -2.36. The number of morpholine rings is 1. The smallest absolute Gasteiger partial charge is 0.191 e. The fourth-order valence-corrected chi connectivity index (χ4v) is 4.22. The zero-order valence-electron chi connectivity index (χ0n) is 15.9. The van der Waals surface area contributed by atoms with Gasteiger partial charge in [0.25, 0.3) is 0 Å². The highest BCUT2D eigenvalue weighted by molar-refractivity contribution is 14.0. The van der Waals surface area contributed by atoms with Gasteiger partial charge in [-0.3, -0.25) is 9.89 Å². The predicted molar refractivity (Wildman–Crippen MR) is 112 cm³/mol. The average molecular weight is 466 g/mol. The van der Waals surface area contributed by atoms with Crippen LogP contribution in [0.1, 0.15) is 39.5 Å². The molecule has 4 atom stereocenters. The molecule has 25 heavy (non-hydrogen) atoms. The summed E-state index contributed by atoms with van der Waals surface area (Å²) in [6.45, 7) is 9.30. The van der Waals surface area contributed by atoms with E-state index in [0.717, 1.165) is 45.2 Å². The highest BCUT2D eigenvalue weighted by Crippen LogP contribution is 2.34. The second kappa shape index (κ2) is 10.3. The number of nitrogens with zero attached hydrogens (tertiary/aromatic N) is 2.